The van der Waals surface area contributed by atoms with Crippen molar-refractivity contribution in [2.45, 2.75) is 26.2 Å². The average molecular weight is 773 g/mol. The Balaban J connectivity index is 1.07. The fourth-order valence-corrected chi connectivity index (χ4v) is 8.60. The molecule has 11 rings (SSSR count). The lowest BCUT2D eigenvalue weighted by Gasteiger charge is -2.12. The van der Waals surface area contributed by atoms with E-state index in [0.29, 0.717) is 17.6 Å². The first kappa shape index (κ1) is 35.5. The third-order valence-corrected chi connectivity index (χ3v) is 11.7. The van der Waals surface area contributed by atoms with Gasteiger partial charge >= 0.3 is 0 Å². The Morgan fingerprint density at radius 1 is 0.433 bits per heavy atom. The van der Waals surface area contributed by atoms with E-state index in [0.717, 1.165) is 83.5 Å². The highest BCUT2D eigenvalue weighted by molar-refractivity contribution is 6.15. The van der Waals surface area contributed by atoms with Gasteiger partial charge in [0.2, 0.25) is 5.95 Å². The van der Waals surface area contributed by atoms with Gasteiger partial charge in [-0.05, 0) is 82.1 Å². The van der Waals surface area contributed by atoms with Gasteiger partial charge in [-0.15, -0.1) is 0 Å². The van der Waals surface area contributed by atoms with E-state index >= 15 is 0 Å². The van der Waals surface area contributed by atoms with E-state index in [9.17, 15) is 0 Å². The third-order valence-electron chi connectivity index (χ3n) is 11.7. The Morgan fingerprint density at radius 3 is 1.78 bits per heavy atom. The van der Waals surface area contributed by atoms with Crippen molar-refractivity contribution in [3.8, 4) is 62.1 Å². The summed E-state index contributed by atoms with van der Waals surface area (Å²) in [5.41, 5.74) is 13.9. The van der Waals surface area contributed by atoms with Crippen molar-refractivity contribution in [1.82, 2.24) is 19.5 Å². The van der Waals surface area contributed by atoms with E-state index in [4.69, 9.17) is 19.4 Å². The second-order valence-corrected chi connectivity index (χ2v) is 15.5. The first-order valence-electron chi connectivity index (χ1n) is 20.7. The Morgan fingerprint density at radius 2 is 1.03 bits per heavy atom. The molecule has 0 unspecified atom stereocenters. The number of unbranched alkanes of at least 4 members (excludes halogenated alkanes) is 1. The molecule has 0 saturated carbocycles. The third kappa shape index (κ3) is 6.32. The van der Waals surface area contributed by atoms with Gasteiger partial charge in [0.15, 0.2) is 11.6 Å². The van der Waals surface area contributed by atoms with Crippen LogP contribution in [0.3, 0.4) is 0 Å². The molecule has 3 aromatic heterocycles. The van der Waals surface area contributed by atoms with Crippen LogP contribution in [0.1, 0.15) is 25.3 Å². The SMILES string of the molecule is CCCCc1ccc(-c2ccc(-c3nc(-c4ccccc4)nc(-n4c5ccccc5c5ccc(-c6cccc7oc8ccc(-c9ccccc9)cc8c67)cc54)n3)cc2)cc1. The number of fused-ring (bicyclic) bond motifs is 6. The predicted molar refractivity (Wildman–Crippen MR) is 247 cm³/mol. The van der Waals surface area contributed by atoms with Gasteiger partial charge in [0.05, 0.1) is 11.0 Å². The van der Waals surface area contributed by atoms with Crippen LogP contribution >= 0.6 is 0 Å². The molecular weight excluding hydrogens is 733 g/mol. The number of nitrogens with zero attached hydrogens (tertiary/aromatic N) is 4. The van der Waals surface area contributed by atoms with Crippen LogP contribution in [0.5, 0.6) is 0 Å². The van der Waals surface area contributed by atoms with Crippen LogP contribution < -0.4 is 0 Å². The summed E-state index contributed by atoms with van der Waals surface area (Å²) >= 11 is 0. The molecular formula is C55H40N4O. The first-order chi connectivity index (χ1) is 29.7. The minimum Gasteiger partial charge on any atom is -0.456 e. The highest BCUT2D eigenvalue weighted by atomic mass is 16.3. The topological polar surface area (TPSA) is 56.7 Å². The fourth-order valence-electron chi connectivity index (χ4n) is 8.60. The molecule has 0 amide bonds. The summed E-state index contributed by atoms with van der Waals surface area (Å²) in [5, 5.41) is 4.44. The van der Waals surface area contributed by atoms with Crippen LogP contribution in [0.2, 0.25) is 0 Å². The Bertz CT molecular complexity index is 3330. The molecule has 0 radical (unpaired) electrons. The molecule has 5 heteroatoms. The van der Waals surface area contributed by atoms with E-state index in [1.807, 2.05) is 18.2 Å². The second-order valence-electron chi connectivity index (χ2n) is 15.5. The highest BCUT2D eigenvalue weighted by Gasteiger charge is 2.20. The van der Waals surface area contributed by atoms with Crippen molar-refractivity contribution < 1.29 is 4.42 Å². The molecule has 0 bridgehead atoms. The van der Waals surface area contributed by atoms with Gasteiger partial charge in [-0.3, -0.25) is 4.57 Å². The molecule has 0 saturated heterocycles. The lowest BCUT2D eigenvalue weighted by Crippen LogP contribution is -2.06. The largest absolute Gasteiger partial charge is 0.456 e. The van der Waals surface area contributed by atoms with Crippen LogP contribution in [0.25, 0.3) is 106 Å². The monoisotopic (exact) mass is 772 g/mol. The molecule has 3 heterocycles. The number of aryl methyl sites for hydroxylation is 1. The van der Waals surface area contributed by atoms with Crippen molar-refractivity contribution in [2.24, 2.45) is 0 Å². The molecule has 11 aromatic rings. The molecule has 5 nitrogen and oxygen atoms in total. The van der Waals surface area contributed by atoms with Gasteiger partial charge in [-0.2, -0.15) is 9.97 Å². The minimum atomic E-state index is 0.563. The molecule has 0 fully saturated rings. The summed E-state index contributed by atoms with van der Waals surface area (Å²) < 4.78 is 8.66. The molecule has 0 N–H and O–H groups in total. The van der Waals surface area contributed by atoms with E-state index in [1.165, 1.54) is 29.5 Å². The Labute approximate surface area is 348 Å². The average Bonchev–Trinajstić information content (AvgIpc) is 3.87. The minimum absolute atomic E-state index is 0.563. The zero-order chi connectivity index (χ0) is 40.0. The summed E-state index contributed by atoms with van der Waals surface area (Å²) in [4.78, 5) is 15.6. The Kier molecular flexibility index (Phi) is 8.85. The lowest BCUT2D eigenvalue weighted by atomic mass is 9.96. The van der Waals surface area contributed by atoms with Gasteiger partial charge in [0.1, 0.15) is 11.2 Å². The van der Waals surface area contributed by atoms with Crippen molar-refractivity contribution in [3.05, 3.63) is 194 Å². The number of hydrogen-bond acceptors (Lipinski definition) is 4. The number of para-hydroxylation sites is 1. The molecule has 0 aliphatic carbocycles. The van der Waals surface area contributed by atoms with E-state index < -0.39 is 0 Å². The normalized spacial score (nSPS) is 11.6. The van der Waals surface area contributed by atoms with Gasteiger partial charge in [-0.25, -0.2) is 4.98 Å². The van der Waals surface area contributed by atoms with E-state index in [1.54, 1.807) is 0 Å². The maximum atomic E-state index is 6.46. The van der Waals surface area contributed by atoms with Crippen LogP contribution in [0.15, 0.2) is 192 Å². The summed E-state index contributed by atoms with van der Waals surface area (Å²) in [6, 6.07) is 66.3. The summed E-state index contributed by atoms with van der Waals surface area (Å²) in [5.74, 6) is 1.80. The quantitative estimate of drug-likeness (QED) is 0.147. The summed E-state index contributed by atoms with van der Waals surface area (Å²) in [6.45, 7) is 2.24. The predicted octanol–water partition coefficient (Wildman–Crippen LogP) is 14.5. The number of hydrogen-bond donors (Lipinski definition) is 0. The molecule has 60 heavy (non-hydrogen) atoms. The van der Waals surface area contributed by atoms with Crippen LogP contribution in [0.4, 0.5) is 0 Å². The first-order valence-corrected chi connectivity index (χ1v) is 20.7. The fraction of sp³-hybridized carbons (Fsp3) is 0.0727. The zero-order valence-corrected chi connectivity index (χ0v) is 33.2. The molecule has 0 aliphatic heterocycles. The van der Waals surface area contributed by atoms with Crippen LogP contribution in [-0.2, 0) is 6.42 Å². The van der Waals surface area contributed by atoms with Gasteiger partial charge in [0.25, 0.3) is 0 Å². The highest BCUT2D eigenvalue weighted by Crippen LogP contribution is 2.41. The standard InChI is InChI=1S/C55H40N4O/c1-2-3-13-36-22-24-38(25-23-36)39-26-28-41(29-27-39)54-56-53(40-16-8-5-9-17-40)57-55(58-54)59-48-20-11-10-18-45(48)46-32-30-43(35-49(46)59)44-19-12-21-51-52(44)47-34-42(31-33-50(47)60-51)37-14-6-4-7-15-37/h4-12,14-35H,2-3,13H2,1H3. The number of benzene rings is 8. The molecule has 8 aromatic carbocycles. The molecule has 0 aliphatic rings. The lowest BCUT2D eigenvalue weighted by molar-refractivity contribution is 0.669. The summed E-state index contributed by atoms with van der Waals surface area (Å²) in [7, 11) is 0. The number of furan rings is 1. The van der Waals surface area contributed by atoms with Crippen LogP contribution in [0, 0.1) is 0 Å². The number of rotatable bonds is 9. The zero-order valence-electron chi connectivity index (χ0n) is 33.2. The van der Waals surface area contributed by atoms with Gasteiger partial charge < -0.3 is 4.42 Å². The van der Waals surface area contributed by atoms with Gasteiger partial charge in [0, 0.05) is 32.7 Å². The Hall–Kier alpha value is -7.63. The summed E-state index contributed by atoms with van der Waals surface area (Å²) in [6.07, 6.45) is 3.52. The molecule has 286 valence electrons. The van der Waals surface area contributed by atoms with E-state index in [2.05, 4.69) is 181 Å². The van der Waals surface area contributed by atoms with E-state index in [-0.39, 0.29) is 0 Å². The van der Waals surface area contributed by atoms with Crippen molar-refractivity contribution in [2.75, 3.05) is 0 Å². The second kappa shape index (κ2) is 14.9. The van der Waals surface area contributed by atoms with Crippen LogP contribution in [-0.4, -0.2) is 19.5 Å². The van der Waals surface area contributed by atoms with Crippen molar-refractivity contribution >= 4 is 43.7 Å². The maximum Gasteiger partial charge on any atom is 0.238 e. The molecule has 0 atom stereocenters. The molecule has 0 spiro atoms. The van der Waals surface area contributed by atoms with Crippen molar-refractivity contribution in [3.63, 3.8) is 0 Å². The van der Waals surface area contributed by atoms with Gasteiger partial charge in [-0.1, -0.05) is 171 Å². The maximum absolute atomic E-state index is 6.46. The smallest absolute Gasteiger partial charge is 0.238 e. The van der Waals surface area contributed by atoms with Crippen molar-refractivity contribution in [1.29, 1.82) is 0 Å². The number of aromatic nitrogens is 4.